The van der Waals surface area contributed by atoms with Gasteiger partial charge in [-0.1, -0.05) is 60.7 Å². The number of hydrogen-bond donors (Lipinski definition) is 8. The predicted molar refractivity (Wildman–Crippen MR) is 470 cm³/mol. The lowest BCUT2D eigenvalue weighted by atomic mass is 9.93. The highest BCUT2D eigenvalue weighted by Crippen LogP contribution is 2.40. The molecule has 15 heterocycles. The van der Waals surface area contributed by atoms with E-state index in [0.717, 1.165) is 232 Å². The Hall–Kier alpha value is -12.1. The van der Waals surface area contributed by atoms with E-state index in [0.29, 0.717) is 77.8 Å². The molecule has 3 aliphatic carbocycles. The molecule has 6 fully saturated rings. The quantitative estimate of drug-likeness (QED) is 0.0395. The number of pyridine rings is 3. The van der Waals surface area contributed by atoms with E-state index in [4.69, 9.17) is 50.0 Å². The summed E-state index contributed by atoms with van der Waals surface area (Å²) in [5.74, 6) is 0.813. The summed E-state index contributed by atoms with van der Waals surface area (Å²) >= 11 is 0. The van der Waals surface area contributed by atoms with Gasteiger partial charge in [0.2, 0.25) is 0 Å². The molecule has 2 aromatic carbocycles. The van der Waals surface area contributed by atoms with Gasteiger partial charge in [0.15, 0.2) is 16.9 Å². The third kappa shape index (κ3) is 18.4. The van der Waals surface area contributed by atoms with Crippen LogP contribution in [0.3, 0.4) is 0 Å². The average molecular weight is 1670 g/mol. The number of aliphatic hydroxyl groups is 3. The minimum Gasteiger partial charge on any atom is -0.477 e. The lowest BCUT2D eigenvalue weighted by Crippen LogP contribution is -2.39. The fourth-order valence-electron chi connectivity index (χ4n) is 18.2. The van der Waals surface area contributed by atoms with Crippen molar-refractivity contribution in [3.8, 4) is 33.8 Å². The highest BCUT2D eigenvalue weighted by atomic mass is 16.5. The first kappa shape index (κ1) is 83.2. The molecule has 0 bridgehead atoms. The second kappa shape index (κ2) is 37.7. The number of anilines is 3. The number of ether oxygens (including phenoxy) is 3. The zero-order chi connectivity index (χ0) is 84.6. The van der Waals surface area contributed by atoms with Gasteiger partial charge < -0.3 is 79.8 Å². The molecule has 20 rings (SSSR count). The van der Waals surface area contributed by atoms with E-state index < -0.39 is 5.97 Å². The van der Waals surface area contributed by atoms with Crippen molar-refractivity contribution in [2.75, 3.05) is 75.9 Å². The van der Waals surface area contributed by atoms with Crippen LogP contribution < -0.4 is 31.5 Å². The molecule has 3 aliphatic heterocycles. The number of carbonyl (C=O) groups is 3. The summed E-state index contributed by atoms with van der Waals surface area (Å²) in [6.45, 7) is 5.69. The van der Waals surface area contributed by atoms with Crippen LogP contribution in [0.5, 0.6) is 0 Å². The van der Waals surface area contributed by atoms with Crippen molar-refractivity contribution in [2.24, 2.45) is 5.73 Å². The standard InChI is InChI=1S/C33H37N7O3.C27H26N6O3.C26H31N7O3.C6H13NO/c1-38(20-22-7-3-2-4-8-22)30-18-29(28-21-39(24-12-15-43-16-13-24)31-26(28)11-6-14-34-31)37-32-27(19-35-40(30)32)33(42)36-23-9-5-10-25(41)17-23;1-31(16-18-6-3-2-4-7-18)24-14-23(30-26-21(27(34)35)15-29-33(24)26)22-17-32(19-9-12-36-13-10-19)25-20(22)8-5-11-28-25;1-27-23-13-22(21-15-32(17-7-10-36-11-8-17)24-19(21)6-3-9-28-24)31-25-20(14-29-33(23)25)26(35)30-16-4-2-5-18(34)12-16;7-5-2-1-3-6(8)4-5/h2-4,6-8,11,14,18-19,21,23-25,41H,5,9-10,12-13,15-17,20H2,1H3,(H,36,42);2-8,11,14-15,17,19H,9-10,12-13,16H2,1H3,(H,34,35);3,6,9,13-18,27,34H,2,4-5,7-8,10-12H2,1H3,(H,30,35);5-6,8H,1-4,7H2/t23?,25-;;16?,18-;5-,6-/m1.11/s1. The number of amides is 2. The van der Waals surface area contributed by atoms with Gasteiger partial charge in [0.05, 0.1) is 54.0 Å². The molecule has 12 aromatic heterocycles. The Morgan fingerprint density at radius 2 is 0.813 bits per heavy atom. The minimum atomic E-state index is -1.06. The van der Waals surface area contributed by atoms with E-state index >= 15 is 0 Å². The van der Waals surface area contributed by atoms with E-state index in [9.17, 15) is 29.7 Å². The maximum absolute atomic E-state index is 13.6. The molecule has 6 atom stereocenters. The summed E-state index contributed by atoms with van der Waals surface area (Å²) in [6.07, 6.45) is 31.3. The van der Waals surface area contributed by atoms with E-state index in [1.54, 1.807) is 32.1 Å². The Kier molecular flexibility index (Phi) is 25.5. The number of fused-ring (bicyclic) bond motifs is 6. The number of nitrogens with one attached hydrogen (secondary N) is 3. The highest BCUT2D eigenvalue weighted by molar-refractivity contribution is 6.03. The summed E-state index contributed by atoms with van der Waals surface area (Å²) in [5, 5.41) is 64.9. The van der Waals surface area contributed by atoms with Crippen molar-refractivity contribution in [3.63, 3.8) is 0 Å². The first-order valence-electron chi connectivity index (χ1n) is 43.2. The van der Waals surface area contributed by atoms with Gasteiger partial charge in [0.1, 0.15) is 51.1 Å². The molecular formula is C92H107N21O10. The molecule has 14 aromatic rings. The largest absolute Gasteiger partial charge is 0.477 e. The fourth-order valence-corrected chi connectivity index (χ4v) is 18.2. The molecule has 6 aliphatic rings. The second-order valence-electron chi connectivity index (χ2n) is 33.2. The van der Waals surface area contributed by atoms with Gasteiger partial charge in [0, 0.05) is 198 Å². The van der Waals surface area contributed by atoms with E-state index in [-0.39, 0.29) is 53.8 Å². The van der Waals surface area contributed by atoms with E-state index in [1.165, 1.54) is 6.20 Å². The number of carbonyl (C=O) groups excluding carboxylic acids is 2. The lowest BCUT2D eigenvalue weighted by molar-refractivity contribution is 0.0695. The zero-order valence-corrected chi connectivity index (χ0v) is 69.7. The molecule has 3 saturated carbocycles. The number of aliphatic hydroxyl groups excluding tert-OH is 3. The van der Waals surface area contributed by atoms with Crippen molar-refractivity contribution in [2.45, 2.75) is 183 Å². The van der Waals surface area contributed by atoms with Crippen molar-refractivity contribution < 1.29 is 49.0 Å². The molecule has 640 valence electrons. The van der Waals surface area contributed by atoms with Crippen LogP contribution in [0.2, 0.25) is 0 Å². The molecule has 0 radical (unpaired) electrons. The van der Waals surface area contributed by atoms with Crippen molar-refractivity contribution in [3.05, 3.63) is 199 Å². The van der Waals surface area contributed by atoms with Crippen molar-refractivity contribution >= 4 is 85.3 Å². The number of rotatable bonds is 18. The number of carboxylic acid groups (broad SMARTS) is 1. The molecular weight excluding hydrogens is 1560 g/mol. The Bertz CT molecular complexity index is 6020. The van der Waals surface area contributed by atoms with Gasteiger partial charge in [-0.3, -0.25) is 9.59 Å². The van der Waals surface area contributed by atoms with Gasteiger partial charge in [0.25, 0.3) is 11.8 Å². The van der Waals surface area contributed by atoms with Gasteiger partial charge in [-0.05, 0) is 163 Å². The minimum absolute atomic E-state index is 0.0494. The summed E-state index contributed by atoms with van der Waals surface area (Å²) in [7, 11) is 5.83. The topological polar surface area (TPSA) is 372 Å². The van der Waals surface area contributed by atoms with E-state index in [1.807, 2.05) is 106 Å². The fraction of sp³-hybridized carbons (Fsp3) is 0.413. The van der Waals surface area contributed by atoms with Crippen LogP contribution in [-0.4, -0.2) is 208 Å². The number of nitrogens with two attached hydrogens (primary N) is 1. The normalized spacial score (nSPS) is 19.9. The Morgan fingerprint density at radius 1 is 0.447 bits per heavy atom. The molecule has 0 spiro atoms. The predicted octanol–water partition coefficient (Wildman–Crippen LogP) is 12.6. The zero-order valence-electron chi connectivity index (χ0n) is 69.7. The Morgan fingerprint density at radius 3 is 1.19 bits per heavy atom. The van der Waals surface area contributed by atoms with Crippen LogP contribution in [0.4, 0.5) is 17.5 Å². The second-order valence-corrected chi connectivity index (χ2v) is 33.2. The van der Waals surface area contributed by atoms with Gasteiger partial charge in [-0.2, -0.15) is 28.8 Å². The van der Waals surface area contributed by atoms with Crippen molar-refractivity contribution in [1.82, 2.24) is 83.1 Å². The highest BCUT2D eigenvalue weighted by Gasteiger charge is 2.32. The number of aromatic carboxylic acids is 1. The maximum Gasteiger partial charge on any atom is 0.341 e. The monoisotopic (exact) mass is 1670 g/mol. The van der Waals surface area contributed by atoms with Gasteiger partial charge >= 0.3 is 5.97 Å². The summed E-state index contributed by atoms with van der Waals surface area (Å²) in [5.41, 5.74) is 17.8. The molecule has 31 nitrogen and oxygen atoms in total. The number of hydrogen-bond acceptors (Lipinski definition) is 22. The third-order valence-corrected chi connectivity index (χ3v) is 24.7. The molecule has 9 N–H and O–H groups in total. The van der Waals surface area contributed by atoms with E-state index in [2.05, 4.69) is 121 Å². The van der Waals surface area contributed by atoms with Crippen LogP contribution >= 0.6 is 0 Å². The summed E-state index contributed by atoms with van der Waals surface area (Å²) in [4.78, 5) is 72.0. The summed E-state index contributed by atoms with van der Waals surface area (Å²) in [6, 6.07) is 39.5. The Labute approximate surface area is 711 Å². The first-order valence-corrected chi connectivity index (χ1v) is 43.2. The summed E-state index contributed by atoms with van der Waals surface area (Å²) < 4.78 is 28.5. The number of carboxylic acids is 1. The third-order valence-electron chi connectivity index (χ3n) is 24.7. The SMILES string of the molecule is CN(Cc1ccccc1)c1cc(-c2cn(C3CCOCC3)c3ncccc23)nc2c(C(=O)NC3CCC[C@@H](O)C3)cnn12.CN(Cc1ccccc1)c1cc(-c2cn(C3CCOCC3)c3ncccc23)nc2c(C(=O)O)cnn12.CNc1cc(-c2cn(C3CCOCC3)c3ncccc23)nc2c(C(=O)NC3CCC[C@@H](O)C3)cnn12.N[C@@H]1CCC[C@@H](O)C1. The van der Waals surface area contributed by atoms with Crippen molar-refractivity contribution in [1.29, 1.82) is 0 Å². The van der Waals surface area contributed by atoms with Crippen LogP contribution in [0.25, 0.3) is 83.8 Å². The van der Waals surface area contributed by atoms with Crippen LogP contribution in [0, 0.1) is 0 Å². The molecule has 31 heteroatoms. The lowest BCUT2D eigenvalue weighted by Gasteiger charge is -2.26. The maximum atomic E-state index is 13.6. The average Bonchev–Trinajstić information content (AvgIpc) is 1.62. The number of aromatic nitrogens is 15. The molecule has 3 saturated heterocycles. The van der Waals surface area contributed by atoms with Gasteiger partial charge in [-0.15, -0.1) is 0 Å². The van der Waals surface area contributed by atoms with Crippen LogP contribution in [0.15, 0.2) is 171 Å². The number of nitrogens with zero attached hydrogens (tertiary/aromatic N) is 17. The number of benzene rings is 2. The molecule has 123 heavy (non-hydrogen) atoms. The Balaban J connectivity index is 0.000000125. The first-order chi connectivity index (χ1) is 60.1. The van der Waals surface area contributed by atoms with Crippen LogP contribution in [-0.2, 0) is 27.3 Å². The van der Waals surface area contributed by atoms with Gasteiger partial charge in [-0.25, -0.2) is 34.7 Å². The molecule has 2 unspecified atom stereocenters. The smallest absolute Gasteiger partial charge is 0.341 e. The molecule has 2 amide bonds. The van der Waals surface area contributed by atoms with Crippen LogP contribution in [0.1, 0.15) is 176 Å².